The summed E-state index contributed by atoms with van der Waals surface area (Å²) in [6, 6.07) is 9.76. The molecule has 1 aromatic carbocycles. The van der Waals surface area contributed by atoms with E-state index in [1.807, 2.05) is 24.0 Å². The minimum atomic E-state index is -1.01. The highest BCUT2D eigenvalue weighted by molar-refractivity contribution is 6.25. The summed E-state index contributed by atoms with van der Waals surface area (Å²) in [7, 11) is 0. The number of likely N-dealkylation sites (tertiary alicyclic amines) is 1. The lowest BCUT2D eigenvalue weighted by Gasteiger charge is -2.36. The van der Waals surface area contributed by atoms with E-state index in [2.05, 4.69) is 45.8 Å². The van der Waals surface area contributed by atoms with Gasteiger partial charge in [-0.05, 0) is 76.1 Å². The van der Waals surface area contributed by atoms with Gasteiger partial charge < -0.3 is 25.4 Å². The van der Waals surface area contributed by atoms with Crippen LogP contribution in [0.5, 0.6) is 0 Å². The Hall–Kier alpha value is -6.26. The number of hydrogen-bond acceptors (Lipinski definition) is 12. The molecule has 6 heterocycles. The van der Waals surface area contributed by atoms with Gasteiger partial charge in [0.1, 0.15) is 23.6 Å². The van der Waals surface area contributed by atoms with Gasteiger partial charge >= 0.3 is 0 Å². The quantitative estimate of drug-likeness (QED) is 0.114. The van der Waals surface area contributed by atoms with Crippen molar-refractivity contribution in [3.63, 3.8) is 0 Å². The van der Waals surface area contributed by atoms with Gasteiger partial charge in [0, 0.05) is 62.0 Å². The number of imidazole rings is 1. The fraction of sp³-hybridized carbons (Fsp3) is 0.450. The van der Waals surface area contributed by atoms with Crippen molar-refractivity contribution in [1.29, 1.82) is 0 Å². The summed E-state index contributed by atoms with van der Waals surface area (Å²) < 4.78 is 2.06. The number of rotatable bonds is 13. The zero-order valence-corrected chi connectivity index (χ0v) is 31.7. The predicted octanol–water partition coefficient (Wildman–Crippen LogP) is 3.14. The van der Waals surface area contributed by atoms with E-state index in [9.17, 15) is 28.8 Å². The summed E-state index contributed by atoms with van der Waals surface area (Å²) in [6.45, 7) is 3.70. The van der Waals surface area contributed by atoms with Gasteiger partial charge in [0.15, 0.2) is 11.5 Å². The fourth-order valence-electron chi connectivity index (χ4n) is 8.17. The Morgan fingerprint density at radius 1 is 0.895 bits per heavy atom. The van der Waals surface area contributed by atoms with Crippen molar-refractivity contribution in [2.75, 3.05) is 30.3 Å². The third-order valence-electron chi connectivity index (χ3n) is 11.4. The molecule has 17 heteroatoms. The average Bonchev–Trinajstić information content (AvgIpc) is 3.73. The summed E-state index contributed by atoms with van der Waals surface area (Å²) in [5.41, 5.74) is 3.67. The second-order valence-electron chi connectivity index (χ2n) is 15.2. The first-order valence-corrected chi connectivity index (χ1v) is 19.7. The van der Waals surface area contributed by atoms with E-state index in [4.69, 9.17) is 0 Å². The SMILES string of the molecule is Cc1cccc(C(=O)NC2CC(n3cnc4c(NC5CCN(C(=O)CCCCCNc6cccc7c6C(=O)N([C@H]6CCC(=O)NC6=O)C7=O)CC5)ncnc43)C2)n1. The minimum absolute atomic E-state index is 0.0532. The van der Waals surface area contributed by atoms with Crippen LogP contribution in [-0.4, -0.2) is 108 Å². The summed E-state index contributed by atoms with van der Waals surface area (Å²) in [6.07, 6.45) is 9.36. The molecule has 4 N–H and O–H groups in total. The van der Waals surface area contributed by atoms with Gasteiger partial charge in [-0.1, -0.05) is 18.6 Å². The fourth-order valence-corrected chi connectivity index (χ4v) is 8.17. The van der Waals surface area contributed by atoms with E-state index in [1.54, 1.807) is 36.9 Å². The molecule has 17 nitrogen and oxygen atoms in total. The maximum Gasteiger partial charge on any atom is 0.270 e. The van der Waals surface area contributed by atoms with Gasteiger partial charge in [0.05, 0.1) is 17.5 Å². The van der Waals surface area contributed by atoms with Crippen LogP contribution in [0.15, 0.2) is 49.1 Å². The van der Waals surface area contributed by atoms with Crippen LogP contribution in [0.25, 0.3) is 11.2 Å². The molecule has 4 aliphatic rings. The van der Waals surface area contributed by atoms with E-state index in [0.29, 0.717) is 48.8 Å². The molecule has 1 aliphatic carbocycles. The van der Waals surface area contributed by atoms with Crippen LogP contribution in [0.4, 0.5) is 11.5 Å². The number of piperidine rings is 2. The molecular formula is C40H45N11O6. The Balaban J connectivity index is 0.750. The molecule has 3 aromatic heterocycles. The Labute approximate surface area is 328 Å². The largest absolute Gasteiger partial charge is 0.384 e. The molecule has 8 rings (SSSR count). The lowest BCUT2D eigenvalue weighted by atomic mass is 9.86. The van der Waals surface area contributed by atoms with Crippen molar-refractivity contribution in [3.05, 3.63) is 71.6 Å². The highest BCUT2D eigenvalue weighted by Gasteiger charge is 2.45. The number of nitrogens with zero attached hydrogens (tertiary/aromatic N) is 7. The number of anilines is 2. The van der Waals surface area contributed by atoms with Crippen molar-refractivity contribution in [3.8, 4) is 0 Å². The minimum Gasteiger partial charge on any atom is -0.384 e. The lowest BCUT2D eigenvalue weighted by molar-refractivity contribution is -0.136. The maximum atomic E-state index is 13.3. The Bertz CT molecular complexity index is 2240. The molecule has 0 bridgehead atoms. The topological polar surface area (TPSA) is 214 Å². The zero-order chi connectivity index (χ0) is 39.6. The van der Waals surface area contributed by atoms with Gasteiger partial charge in [-0.3, -0.25) is 39.0 Å². The van der Waals surface area contributed by atoms with Crippen LogP contribution in [0.3, 0.4) is 0 Å². The number of amides is 6. The number of benzene rings is 1. The second kappa shape index (κ2) is 16.1. The molecule has 296 valence electrons. The normalized spacial score (nSPS) is 21.0. The number of carbonyl (C=O) groups excluding carboxylic acids is 6. The van der Waals surface area contributed by atoms with Gasteiger partial charge in [-0.2, -0.15) is 0 Å². The number of hydrogen-bond donors (Lipinski definition) is 4. The van der Waals surface area contributed by atoms with E-state index >= 15 is 0 Å². The molecule has 6 amide bonds. The molecule has 4 aromatic rings. The first-order chi connectivity index (χ1) is 27.6. The molecular weight excluding hydrogens is 731 g/mol. The van der Waals surface area contributed by atoms with Gasteiger partial charge in [-0.15, -0.1) is 0 Å². The van der Waals surface area contributed by atoms with Gasteiger partial charge in [0.2, 0.25) is 17.7 Å². The average molecular weight is 776 g/mol. The molecule has 0 spiro atoms. The predicted molar refractivity (Wildman–Crippen MR) is 207 cm³/mol. The summed E-state index contributed by atoms with van der Waals surface area (Å²) in [5, 5.41) is 12.1. The Morgan fingerprint density at radius 2 is 1.70 bits per heavy atom. The maximum absolute atomic E-state index is 13.3. The highest BCUT2D eigenvalue weighted by atomic mass is 16.2. The number of aryl methyl sites for hydroxylation is 1. The van der Waals surface area contributed by atoms with Gasteiger partial charge in [-0.25, -0.2) is 19.9 Å². The smallest absolute Gasteiger partial charge is 0.270 e. The van der Waals surface area contributed by atoms with E-state index in [-0.39, 0.29) is 53.9 Å². The van der Waals surface area contributed by atoms with Crippen LogP contribution in [0.2, 0.25) is 0 Å². The van der Waals surface area contributed by atoms with E-state index in [1.165, 1.54) is 0 Å². The lowest BCUT2D eigenvalue weighted by Crippen LogP contribution is -2.54. The molecule has 0 unspecified atom stereocenters. The summed E-state index contributed by atoms with van der Waals surface area (Å²) in [4.78, 5) is 97.0. The third-order valence-corrected chi connectivity index (χ3v) is 11.4. The second-order valence-corrected chi connectivity index (χ2v) is 15.2. The number of fused-ring (bicyclic) bond motifs is 2. The molecule has 1 saturated carbocycles. The monoisotopic (exact) mass is 775 g/mol. The molecule has 57 heavy (non-hydrogen) atoms. The summed E-state index contributed by atoms with van der Waals surface area (Å²) >= 11 is 0. The number of imide groups is 2. The number of pyridine rings is 1. The van der Waals surface area contributed by atoms with Crippen LogP contribution in [0.1, 0.15) is 107 Å². The standard InChI is InChI=1S/C40H45N11O6/c1-23-7-5-10-29(45-23)37(54)47-25-19-26(20-25)50-22-44-34-35(42-21-43-36(34)50)46-24-14-17-49(18-15-24)32(53)11-3-2-4-16-41-28-9-6-8-27-33(28)40(57)51(39(27)56)30-12-13-31(52)48-38(30)55/h5-10,21-22,24-26,30,41H,2-4,11-20H2,1H3,(H,47,54)(H,42,43,46)(H,48,52,55)/t25?,26?,30-/m0/s1. The number of unbranched alkanes of at least 4 members (excludes halogenated alkanes) is 2. The number of aromatic nitrogens is 5. The van der Waals surface area contributed by atoms with Crippen molar-refractivity contribution < 1.29 is 28.8 Å². The van der Waals surface area contributed by atoms with E-state index < -0.39 is 29.7 Å². The van der Waals surface area contributed by atoms with Crippen molar-refractivity contribution in [1.82, 2.24) is 44.9 Å². The Morgan fingerprint density at radius 3 is 2.49 bits per heavy atom. The molecule has 3 fully saturated rings. The molecule has 1 atom stereocenters. The van der Waals surface area contributed by atoms with E-state index in [0.717, 1.165) is 61.2 Å². The number of carbonyl (C=O) groups is 6. The van der Waals surface area contributed by atoms with Crippen molar-refractivity contribution in [2.45, 2.75) is 95.3 Å². The Kier molecular flexibility index (Phi) is 10.6. The first-order valence-electron chi connectivity index (χ1n) is 19.7. The van der Waals surface area contributed by atoms with Gasteiger partial charge in [0.25, 0.3) is 17.7 Å². The molecule has 3 aliphatic heterocycles. The van der Waals surface area contributed by atoms with Crippen LogP contribution >= 0.6 is 0 Å². The third kappa shape index (κ3) is 7.78. The molecule has 0 radical (unpaired) electrons. The zero-order valence-electron chi connectivity index (χ0n) is 31.7. The highest BCUT2D eigenvalue weighted by Crippen LogP contribution is 2.36. The summed E-state index contributed by atoms with van der Waals surface area (Å²) in [5.74, 6) is -1.49. The van der Waals surface area contributed by atoms with Crippen molar-refractivity contribution in [2.24, 2.45) is 0 Å². The van der Waals surface area contributed by atoms with Crippen LogP contribution in [0, 0.1) is 6.92 Å². The van der Waals surface area contributed by atoms with Crippen LogP contribution < -0.4 is 21.3 Å². The van der Waals surface area contributed by atoms with Crippen LogP contribution in [-0.2, 0) is 14.4 Å². The van der Waals surface area contributed by atoms with Crippen molar-refractivity contribution >= 4 is 58.1 Å². The molecule has 2 saturated heterocycles. The number of nitrogens with one attached hydrogen (secondary N) is 4. The first kappa shape index (κ1) is 37.7.